The molecule has 1 aliphatic carbocycles. The molecule has 0 aromatic heterocycles. The van der Waals surface area contributed by atoms with E-state index in [1.165, 1.54) is 5.56 Å². The molecule has 2 rings (SSSR count). The van der Waals surface area contributed by atoms with Crippen molar-refractivity contribution in [2.75, 3.05) is 6.61 Å². The highest BCUT2D eigenvalue weighted by atomic mass is 16.5. The zero-order valence-corrected chi connectivity index (χ0v) is 10.2. The number of ether oxygens (including phenoxy) is 1. The molecule has 0 spiro atoms. The van der Waals surface area contributed by atoms with Crippen LogP contribution >= 0.6 is 0 Å². The number of hydrogen-bond donors (Lipinski definition) is 1. The van der Waals surface area contributed by atoms with Crippen LogP contribution in [0, 0.1) is 0 Å². The van der Waals surface area contributed by atoms with Gasteiger partial charge in [0.2, 0.25) is 0 Å². The van der Waals surface area contributed by atoms with Crippen molar-refractivity contribution in [2.45, 2.75) is 38.1 Å². The van der Waals surface area contributed by atoms with Gasteiger partial charge in [-0.15, -0.1) is 0 Å². The predicted molar refractivity (Wildman–Crippen MR) is 66.5 cm³/mol. The van der Waals surface area contributed by atoms with Crippen molar-refractivity contribution in [1.82, 2.24) is 0 Å². The highest BCUT2D eigenvalue weighted by Crippen LogP contribution is 2.35. The monoisotopic (exact) mass is 233 g/mol. The van der Waals surface area contributed by atoms with Gasteiger partial charge in [-0.3, -0.25) is 4.79 Å². The van der Waals surface area contributed by atoms with Crippen LogP contribution in [0.1, 0.15) is 37.3 Å². The first-order chi connectivity index (χ1) is 8.15. The maximum Gasteiger partial charge on any atom is 0.307 e. The van der Waals surface area contributed by atoms with E-state index in [1.54, 1.807) is 0 Å². The smallest absolute Gasteiger partial charge is 0.307 e. The van der Waals surface area contributed by atoms with E-state index in [0.29, 0.717) is 6.61 Å². The van der Waals surface area contributed by atoms with Gasteiger partial charge in [-0.05, 0) is 37.3 Å². The van der Waals surface area contributed by atoms with Crippen LogP contribution < -0.4 is 5.73 Å². The van der Waals surface area contributed by atoms with E-state index < -0.39 is 5.54 Å². The first-order valence-electron chi connectivity index (χ1n) is 6.18. The van der Waals surface area contributed by atoms with Crippen molar-refractivity contribution in [3.63, 3.8) is 0 Å². The van der Waals surface area contributed by atoms with E-state index in [-0.39, 0.29) is 12.4 Å². The Bertz CT molecular complexity index is 416. The van der Waals surface area contributed by atoms with Gasteiger partial charge in [0.1, 0.15) is 0 Å². The molecule has 0 fully saturated rings. The van der Waals surface area contributed by atoms with Gasteiger partial charge < -0.3 is 10.5 Å². The van der Waals surface area contributed by atoms with Crippen LogP contribution in [0.25, 0.3) is 0 Å². The largest absolute Gasteiger partial charge is 0.466 e. The van der Waals surface area contributed by atoms with Crippen molar-refractivity contribution < 1.29 is 9.53 Å². The molecule has 0 bridgehead atoms. The third kappa shape index (κ3) is 2.50. The molecule has 1 aromatic rings. The van der Waals surface area contributed by atoms with Gasteiger partial charge in [0, 0.05) is 0 Å². The third-order valence-corrected chi connectivity index (χ3v) is 3.39. The summed E-state index contributed by atoms with van der Waals surface area (Å²) in [7, 11) is 0. The minimum Gasteiger partial charge on any atom is -0.466 e. The fraction of sp³-hybridized carbons (Fsp3) is 0.500. The third-order valence-electron chi connectivity index (χ3n) is 3.39. The summed E-state index contributed by atoms with van der Waals surface area (Å²) in [6, 6.07) is 8.14. The highest BCUT2D eigenvalue weighted by molar-refractivity contribution is 5.71. The molecule has 0 heterocycles. The number of aryl methyl sites for hydroxylation is 1. The number of benzene rings is 1. The average molecular weight is 233 g/mol. The number of nitrogens with two attached hydrogens (primary N) is 1. The van der Waals surface area contributed by atoms with Crippen LogP contribution in [0.4, 0.5) is 0 Å². The Hall–Kier alpha value is -1.35. The first kappa shape index (κ1) is 12.1. The Morgan fingerprint density at radius 3 is 3.00 bits per heavy atom. The van der Waals surface area contributed by atoms with Gasteiger partial charge in [-0.2, -0.15) is 0 Å². The molecule has 1 aromatic carbocycles. The molecule has 1 atom stereocenters. The standard InChI is InChI=1S/C14H19NO2/c1-2-17-13(16)10-14(15)9-5-7-11-6-3-4-8-12(11)14/h3-4,6,8H,2,5,7,9-10,15H2,1H3. The fourth-order valence-corrected chi connectivity index (χ4v) is 2.61. The molecule has 17 heavy (non-hydrogen) atoms. The van der Waals surface area contributed by atoms with E-state index in [1.807, 2.05) is 25.1 Å². The summed E-state index contributed by atoms with van der Waals surface area (Å²) in [6.45, 7) is 2.23. The van der Waals surface area contributed by atoms with Crippen molar-refractivity contribution >= 4 is 5.97 Å². The van der Waals surface area contributed by atoms with E-state index in [4.69, 9.17) is 10.5 Å². The quantitative estimate of drug-likeness (QED) is 0.814. The molecule has 0 saturated carbocycles. The molecule has 1 unspecified atom stereocenters. The second kappa shape index (κ2) is 4.88. The summed E-state index contributed by atoms with van der Waals surface area (Å²) in [5, 5.41) is 0. The fourth-order valence-electron chi connectivity index (χ4n) is 2.61. The summed E-state index contributed by atoms with van der Waals surface area (Å²) >= 11 is 0. The summed E-state index contributed by atoms with van der Waals surface area (Å²) < 4.78 is 5.01. The summed E-state index contributed by atoms with van der Waals surface area (Å²) in [4.78, 5) is 11.6. The Labute approximate surface area is 102 Å². The first-order valence-corrected chi connectivity index (χ1v) is 6.18. The maximum atomic E-state index is 11.6. The van der Waals surface area contributed by atoms with Crippen molar-refractivity contribution in [2.24, 2.45) is 5.73 Å². The van der Waals surface area contributed by atoms with Crippen LogP contribution in [0.15, 0.2) is 24.3 Å². The lowest BCUT2D eigenvalue weighted by Gasteiger charge is -2.35. The molecule has 0 aliphatic heterocycles. The van der Waals surface area contributed by atoms with Crippen LogP contribution in [-0.4, -0.2) is 12.6 Å². The summed E-state index contributed by atoms with van der Waals surface area (Å²) in [6.07, 6.45) is 3.21. The molecule has 0 amide bonds. The maximum absolute atomic E-state index is 11.6. The molecule has 3 heteroatoms. The van der Waals surface area contributed by atoms with Gasteiger partial charge >= 0.3 is 5.97 Å². The van der Waals surface area contributed by atoms with Crippen molar-refractivity contribution in [1.29, 1.82) is 0 Å². The van der Waals surface area contributed by atoms with Gasteiger partial charge in [0.25, 0.3) is 0 Å². The molecule has 3 nitrogen and oxygen atoms in total. The van der Waals surface area contributed by atoms with Crippen LogP contribution in [0.2, 0.25) is 0 Å². The second-order valence-electron chi connectivity index (χ2n) is 4.65. The molecule has 1 aliphatic rings. The zero-order valence-electron chi connectivity index (χ0n) is 10.2. The number of hydrogen-bond acceptors (Lipinski definition) is 3. The van der Waals surface area contributed by atoms with Crippen LogP contribution in [0.5, 0.6) is 0 Å². The van der Waals surface area contributed by atoms with Gasteiger partial charge in [0.05, 0.1) is 18.6 Å². The number of esters is 1. The molecule has 92 valence electrons. The molecule has 0 radical (unpaired) electrons. The minimum atomic E-state index is -0.541. The van der Waals surface area contributed by atoms with E-state index >= 15 is 0 Å². The Morgan fingerprint density at radius 2 is 2.24 bits per heavy atom. The summed E-state index contributed by atoms with van der Waals surface area (Å²) in [5.41, 5.74) is 8.24. The second-order valence-corrected chi connectivity index (χ2v) is 4.65. The number of fused-ring (bicyclic) bond motifs is 1. The molecular weight excluding hydrogens is 214 g/mol. The normalized spacial score (nSPS) is 22.9. The lowest BCUT2D eigenvalue weighted by molar-refractivity contribution is -0.144. The van der Waals surface area contributed by atoms with E-state index in [9.17, 15) is 4.79 Å². The Morgan fingerprint density at radius 1 is 1.47 bits per heavy atom. The Kier molecular flexibility index (Phi) is 3.48. The zero-order chi connectivity index (χ0) is 12.3. The number of carbonyl (C=O) groups excluding carboxylic acids is 1. The Balaban J connectivity index is 2.23. The minimum absolute atomic E-state index is 0.202. The van der Waals surface area contributed by atoms with Gasteiger partial charge in [-0.1, -0.05) is 24.3 Å². The highest BCUT2D eigenvalue weighted by Gasteiger charge is 2.34. The van der Waals surface area contributed by atoms with Gasteiger partial charge in [0.15, 0.2) is 0 Å². The van der Waals surface area contributed by atoms with Crippen LogP contribution in [0.3, 0.4) is 0 Å². The number of carbonyl (C=O) groups is 1. The summed E-state index contributed by atoms with van der Waals surface area (Å²) in [5.74, 6) is -0.202. The van der Waals surface area contributed by atoms with Crippen molar-refractivity contribution in [3.8, 4) is 0 Å². The van der Waals surface area contributed by atoms with Crippen LogP contribution in [-0.2, 0) is 21.5 Å². The van der Waals surface area contributed by atoms with Gasteiger partial charge in [-0.25, -0.2) is 0 Å². The van der Waals surface area contributed by atoms with Crippen molar-refractivity contribution in [3.05, 3.63) is 35.4 Å². The average Bonchev–Trinajstić information content (AvgIpc) is 2.29. The SMILES string of the molecule is CCOC(=O)CC1(N)CCCc2ccccc21. The predicted octanol–water partition coefficient (Wildman–Crippen LogP) is 2.13. The molecule has 2 N–H and O–H groups in total. The molecular formula is C14H19NO2. The van der Waals surface area contributed by atoms with E-state index in [0.717, 1.165) is 24.8 Å². The number of rotatable bonds is 3. The molecule has 0 saturated heterocycles. The van der Waals surface area contributed by atoms with E-state index in [2.05, 4.69) is 6.07 Å². The lowest BCUT2D eigenvalue weighted by Crippen LogP contribution is -2.42. The topological polar surface area (TPSA) is 52.3 Å². The lowest BCUT2D eigenvalue weighted by atomic mass is 9.75.